The molecule has 2 aliphatic heterocycles. The monoisotopic (exact) mass is 473 g/mol. The van der Waals surface area contributed by atoms with Crippen molar-refractivity contribution in [2.75, 3.05) is 39.3 Å². The number of halogens is 1. The molecular weight excluding hydrogens is 445 g/mol. The van der Waals surface area contributed by atoms with Crippen molar-refractivity contribution in [2.24, 2.45) is 5.92 Å². The van der Waals surface area contributed by atoms with Crippen LogP contribution in [0.25, 0.3) is 10.8 Å². The highest BCUT2D eigenvalue weighted by atomic mass is 19.1. The third kappa shape index (κ3) is 4.63. The molecule has 0 bridgehead atoms. The van der Waals surface area contributed by atoms with Crippen LogP contribution >= 0.6 is 0 Å². The Morgan fingerprint density at radius 3 is 2.11 bits per heavy atom. The molecule has 0 N–H and O–H groups in total. The lowest BCUT2D eigenvalue weighted by Crippen LogP contribution is -2.54. The molecule has 7 heteroatoms. The Hall–Kier alpha value is -3.74. The number of piperidine rings is 1. The zero-order valence-electron chi connectivity index (χ0n) is 19.5. The van der Waals surface area contributed by atoms with Gasteiger partial charge in [-0.15, -0.1) is 0 Å². The second-order valence-electron chi connectivity index (χ2n) is 9.21. The van der Waals surface area contributed by atoms with Gasteiger partial charge in [0, 0.05) is 44.8 Å². The normalized spacial score (nSPS) is 18.5. The molecule has 0 aromatic heterocycles. The molecule has 3 amide bonds. The third-order valence-electron chi connectivity index (χ3n) is 7.06. The van der Waals surface area contributed by atoms with Gasteiger partial charge in [-0.25, -0.2) is 4.39 Å². The van der Waals surface area contributed by atoms with Crippen molar-refractivity contribution in [3.05, 3.63) is 83.7 Å². The van der Waals surface area contributed by atoms with E-state index in [1.54, 1.807) is 26.8 Å². The number of amides is 3. The first kappa shape index (κ1) is 23.0. The van der Waals surface area contributed by atoms with Crippen LogP contribution < -0.4 is 0 Å². The highest BCUT2D eigenvalue weighted by Gasteiger charge is 2.34. The average Bonchev–Trinajstić information content (AvgIpc) is 2.92. The first-order chi connectivity index (χ1) is 17.0. The molecule has 180 valence electrons. The van der Waals surface area contributed by atoms with Crippen LogP contribution in [0, 0.1) is 11.7 Å². The summed E-state index contributed by atoms with van der Waals surface area (Å²) in [4.78, 5) is 44.5. The van der Waals surface area contributed by atoms with E-state index in [2.05, 4.69) is 0 Å². The Morgan fingerprint density at radius 2 is 1.31 bits per heavy atom. The number of carbonyl (C=O) groups excluding carboxylic acids is 3. The summed E-state index contributed by atoms with van der Waals surface area (Å²) in [5, 5.41) is 1.94. The zero-order chi connectivity index (χ0) is 24.4. The molecule has 0 spiro atoms. The fraction of sp³-hybridized carbons (Fsp3) is 0.321. The van der Waals surface area contributed by atoms with Crippen molar-refractivity contribution < 1.29 is 18.8 Å². The molecule has 0 aliphatic carbocycles. The van der Waals surface area contributed by atoms with Crippen LogP contribution in [0.1, 0.15) is 33.6 Å². The van der Waals surface area contributed by atoms with Crippen molar-refractivity contribution in [3.8, 4) is 0 Å². The highest BCUT2D eigenvalue weighted by Crippen LogP contribution is 2.25. The lowest BCUT2D eigenvalue weighted by molar-refractivity contribution is -0.138. The maximum atomic E-state index is 14.0. The Balaban J connectivity index is 1.22. The van der Waals surface area contributed by atoms with Gasteiger partial charge in [-0.05, 0) is 41.8 Å². The fourth-order valence-corrected chi connectivity index (χ4v) is 5.14. The minimum Gasteiger partial charge on any atom is -0.339 e. The van der Waals surface area contributed by atoms with Crippen LogP contribution in [0.15, 0.2) is 66.7 Å². The minimum atomic E-state index is -0.533. The van der Waals surface area contributed by atoms with Gasteiger partial charge in [0.05, 0.1) is 11.5 Å². The number of hydrogen-bond acceptors (Lipinski definition) is 3. The first-order valence-electron chi connectivity index (χ1n) is 12.1. The summed E-state index contributed by atoms with van der Waals surface area (Å²) in [7, 11) is 0. The fourth-order valence-electron chi connectivity index (χ4n) is 5.14. The predicted octanol–water partition coefficient (Wildman–Crippen LogP) is 3.82. The molecule has 5 rings (SSSR count). The van der Waals surface area contributed by atoms with E-state index in [9.17, 15) is 18.8 Å². The number of rotatable bonds is 3. The summed E-state index contributed by atoms with van der Waals surface area (Å²) in [5.74, 6) is -1.15. The van der Waals surface area contributed by atoms with Crippen molar-refractivity contribution in [3.63, 3.8) is 0 Å². The zero-order valence-corrected chi connectivity index (χ0v) is 19.5. The third-order valence-corrected chi connectivity index (χ3v) is 7.06. The van der Waals surface area contributed by atoms with Crippen LogP contribution in [0.5, 0.6) is 0 Å². The molecule has 3 aromatic carbocycles. The standard InChI is InChI=1S/C28H28FN3O3/c29-25-13-4-3-11-24(25)28(35)31-17-15-30(16-18-31)26(33)21-9-6-14-32(19-21)27(34)23-12-5-8-20-7-1-2-10-22(20)23/h1-5,7-8,10-13,21H,6,9,14-19H2/t21-/m1/s1. The van der Waals surface area contributed by atoms with Crippen molar-refractivity contribution in [1.82, 2.24) is 14.7 Å². The van der Waals surface area contributed by atoms with E-state index in [0.29, 0.717) is 44.8 Å². The Labute approximate surface area is 203 Å². The smallest absolute Gasteiger partial charge is 0.256 e. The summed E-state index contributed by atoms with van der Waals surface area (Å²) in [6.45, 7) is 2.58. The lowest BCUT2D eigenvalue weighted by atomic mass is 9.95. The van der Waals surface area contributed by atoms with Gasteiger partial charge in [0.2, 0.25) is 5.91 Å². The molecule has 2 fully saturated rings. The topological polar surface area (TPSA) is 60.9 Å². The second-order valence-corrected chi connectivity index (χ2v) is 9.21. The van der Waals surface area contributed by atoms with Crippen LogP contribution in [0.3, 0.4) is 0 Å². The van der Waals surface area contributed by atoms with Crippen LogP contribution in [-0.2, 0) is 4.79 Å². The van der Waals surface area contributed by atoms with Gasteiger partial charge in [-0.1, -0.05) is 48.5 Å². The quantitative estimate of drug-likeness (QED) is 0.581. The number of likely N-dealkylation sites (tertiary alicyclic amines) is 1. The number of carbonyl (C=O) groups is 3. The molecule has 3 aromatic rings. The van der Waals surface area contributed by atoms with Crippen molar-refractivity contribution in [2.45, 2.75) is 12.8 Å². The maximum Gasteiger partial charge on any atom is 0.256 e. The van der Waals surface area contributed by atoms with Crippen LogP contribution in [0.4, 0.5) is 4.39 Å². The van der Waals surface area contributed by atoms with Crippen LogP contribution in [-0.4, -0.2) is 71.7 Å². The number of fused-ring (bicyclic) bond motifs is 1. The van der Waals surface area contributed by atoms with E-state index in [1.165, 1.54) is 12.1 Å². The van der Waals surface area contributed by atoms with Gasteiger partial charge < -0.3 is 14.7 Å². The predicted molar refractivity (Wildman–Crippen MR) is 131 cm³/mol. The molecule has 0 saturated carbocycles. The molecule has 2 aliphatic rings. The Morgan fingerprint density at radius 1 is 0.686 bits per heavy atom. The number of nitrogens with zero attached hydrogens (tertiary/aromatic N) is 3. The van der Waals surface area contributed by atoms with Gasteiger partial charge in [0.15, 0.2) is 0 Å². The van der Waals surface area contributed by atoms with Gasteiger partial charge in [0.1, 0.15) is 5.82 Å². The summed E-state index contributed by atoms with van der Waals surface area (Å²) >= 11 is 0. The summed E-state index contributed by atoms with van der Waals surface area (Å²) in [5.41, 5.74) is 0.721. The molecule has 6 nitrogen and oxygen atoms in total. The number of piperazine rings is 1. The van der Waals surface area contributed by atoms with E-state index >= 15 is 0 Å². The maximum absolute atomic E-state index is 14.0. The highest BCUT2D eigenvalue weighted by molar-refractivity contribution is 6.07. The largest absolute Gasteiger partial charge is 0.339 e. The number of hydrogen-bond donors (Lipinski definition) is 0. The van der Waals surface area contributed by atoms with E-state index in [-0.39, 0.29) is 29.2 Å². The average molecular weight is 474 g/mol. The van der Waals surface area contributed by atoms with Crippen molar-refractivity contribution >= 4 is 28.5 Å². The van der Waals surface area contributed by atoms with Gasteiger partial charge >= 0.3 is 0 Å². The lowest BCUT2D eigenvalue weighted by Gasteiger charge is -2.39. The van der Waals surface area contributed by atoms with E-state index in [1.807, 2.05) is 42.5 Å². The van der Waals surface area contributed by atoms with E-state index in [4.69, 9.17) is 0 Å². The molecule has 2 heterocycles. The molecular formula is C28H28FN3O3. The molecule has 0 unspecified atom stereocenters. The molecule has 0 radical (unpaired) electrons. The van der Waals surface area contributed by atoms with E-state index in [0.717, 1.165) is 23.6 Å². The number of benzene rings is 3. The molecule has 1 atom stereocenters. The minimum absolute atomic E-state index is 0.0263. The van der Waals surface area contributed by atoms with E-state index < -0.39 is 5.82 Å². The van der Waals surface area contributed by atoms with Crippen LogP contribution in [0.2, 0.25) is 0 Å². The molecule has 2 saturated heterocycles. The first-order valence-corrected chi connectivity index (χ1v) is 12.1. The summed E-state index contributed by atoms with van der Waals surface area (Å²) in [6.07, 6.45) is 1.52. The van der Waals surface area contributed by atoms with Gasteiger partial charge in [-0.2, -0.15) is 0 Å². The summed E-state index contributed by atoms with van der Waals surface area (Å²) < 4.78 is 14.0. The summed E-state index contributed by atoms with van der Waals surface area (Å²) in [6, 6.07) is 19.5. The SMILES string of the molecule is O=C(c1ccccc1F)N1CCN(C(=O)[C@@H]2CCCN(C(=O)c3cccc4ccccc34)C2)CC1. The molecule has 35 heavy (non-hydrogen) atoms. The van der Waals surface area contributed by atoms with Crippen molar-refractivity contribution in [1.29, 1.82) is 0 Å². The van der Waals surface area contributed by atoms with Gasteiger partial charge in [0.25, 0.3) is 11.8 Å². The van der Waals surface area contributed by atoms with Gasteiger partial charge in [-0.3, -0.25) is 14.4 Å². The second kappa shape index (κ2) is 9.86. The Kier molecular flexibility index (Phi) is 6.49. The Bertz CT molecular complexity index is 1260.